The summed E-state index contributed by atoms with van der Waals surface area (Å²) in [6.07, 6.45) is 1.11. The Bertz CT molecular complexity index is 200. The number of aliphatic hydroxyl groups is 1. The van der Waals surface area contributed by atoms with Crippen LogP contribution in [-0.4, -0.2) is 26.6 Å². The fourth-order valence-electron chi connectivity index (χ4n) is 0.552. The number of aliphatic hydroxyl groups excluding tert-OH is 1. The number of nitrogens with zero attached hydrogens (tertiary/aromatic N) is 2. The molecule has 1 aromatic heterocycles. The second-order valence-electron chi connectivity index (χ2n) is 2.42. The number of anilines is 1. The zero-order valence-electron chi connectivity index (χ0n) is 6.48. The minimum absolute atomic E-state index is 0.0166. The SMILES string of the molecule is CC(O)C(C)Nc1ncns1. The molecule has 0 aliphatic heterocycles. The van der Waals surface area contributed by atoms with E-state index < -0.39 is 0 Å². The van der Waals surface area contributed by atoms with E-state index in [9.17, 15) is 0 Å². The van der Waals surface area contributed by atoms with Crippen LogP contribution in [0.5, 0.6) is 0 Å². The molecule has 0 saturated carbocycles. The van der Waals surface area contributed by atoms with Gasteiger partial charge < -0.3 is 10.4 Å². The number of rotatable bonds is 3. The average Bonchev–Trinajstić information content (AvgIpc) is 2.39. The summed E-state index contributed by atoms with van der Waals surface area (Å²) in [6, 6.07) is 0.0166. The van der Waals surface area contributed by atoms with Crippen LogP contribution in [-0.2, 0) is 0 Å². The Hall–Kier alpha value is -0.680. The van der Waals surface area contributed by atoms with E-state index in [1.807, 2.05) is 6.92 Å². The van der Waals surface area contributed by atoms with Crippen molar-refractivity contribution in [3.05, 3.63) is 6.33 Å². The maximum atomic E-state index is 9.11. The summed E-state index contributed by atoms with van der Waals surface area (Å²) in [4.78, 5) is 3.92. The molecule has 0 bridgehead atoms. The molecule has 0 fully saturated rings. The van der Waals surface area contributed by atoms with E-state index in [0.29, 0.717) is 0 Å². The standard InChI is InChI=1S/C6H11N3OS/c1-4(5(2)10)9-6-7-3-8-11-6/h3-5,10H,1-2H3,(H,7,8,9). The van der Waals surface area contributed by atoms with Gasteiger partial charge in [-0.05, 0) is 13.8 Å². The van der Waals surface area contributed by atoms with Crippen LogP contribution in [0.3, 0.4) is 0 Å². The summed E-state index contributed by atoms with van der Waals surface area (Å²) in [5.74, 6) is 0. The van der Waals surface area contributed by atoms with Crippen LogP contribution in [0.1, 0.15) is 13.8 Å². The molecule has 0 saturated heterocycles. The molecule has 2 atom stereocenters. The molecule has 1 aromatic rings. The van der Waals surface area contributed by atoms with Gasteiger partial charge in [0.05, 0.1) is 12.1 Å². The summed E-state index contributed by atoms with van der Waals surface area (Å²) in [5, 5.41) is 12.9. The van der Waals surface area contributed by atoms with Gasteiger partial charge in [-0.15, -0.1) is 0 Å². The van der Waals surface area contributed by atoms with Crippen molar-refractivity contribution in [2.75, 3.05) is 5.32 Å². The van der Waals surface area contributed by atoms with Crippen molar-refractivity contribution in [3.8, 4) is 0 Å². The Morgan fingerprint density at radius 1 is 1.64 bits per heavy atom. The van der Waals surface area contributed by atoms with Crippen molar-refractivity contribution in [2.45, 2.75) is 26.0 Å². The Balaban J connectivity index is 2.43. The van der Waals surface area contributed by atoms with Gasteiger partial charge in [0.15, 0.2) is 0 Å². The summed E-state index contributed by atoms with van der Waals surface area (Å²) in [6.45, 7) is 3.63. The van der Waals surface area contributed by atoms with E-state index in [2.05, 4.69) is 14.7 Å². The van der Waals surface area contributed by atoms with Gasteiger partial charge in [-0.25, -0.2) is 4.98 Å². The highest BCUT2D eigenvalue weighted by molar-refractivity contribution is 7.09. The van der Waals surface area contributed by atoms with Gasteiger partial charge >= 0.3 is 0 Å². The minimum atomic E-state index is -0.376. The lowest BCUT2D eigenvalue weighted by molar-refractivity contribution is 0.178. The highest BCUT2D eigenvalue weighted by Crippen LogP contribution is 2.09. The van der Waals surface area contributed by atoms with Crippen LogP contribution >= 0.6 is 11.5 Å². The normalized spacial score (nSPS) is 15.9. The maximum absolute atomic E-state index is 9.11. The first kappa shape index (κ1) is 8.42. The molecular formula is C6H11N3OS. The van der Waals surface area contributed by atoms with Gasteiger partial charge in [0, 0.05) is 11.5 Å². The second kappa shape index (κ2) is 3.64. The van der Waals surface area contributed by atoms with Crippen molar-refractivity contribution in [2.24, 2.45) is 0 Å². The molecule has 4 nitrogen and oxygen atoms in total. The van der Waals surface area contributed by atoms with Gasteiger partial charge in [-0.2, -0.15) is 4.37 Å². The molecule has 0 radical (unpaired) electrons. The van der Waals surface area contributed by atoms with Gasteiger partial charge in [0.2, 0.25) is 5.13 Å². The van der Waals surface area contributed by atoms with Gasteiger partial charge in [0.25, 0.3) is 0 Å². The highest BCUT2D eigenvalue weighted by atomic mass is 32.1. The number of nitrogens with one attached hydrogen (secondary N) is 1. The summed E-state index contributed by atoms with van der Waals surface area (Å²) < 4.78 is 3.82. The fraction of sp³-hybridized carbons (Fsp3) is 0.667. The van der Waals surface area contributed by atoms with Crippen molar-refractivity contribution in [1.82, 2.24) is 9.36 Å². The molecule has 2 unspecified atom stereocenters. The number of hydrogen-bond acceptors (Lipinski definition) is 5. The lowest BCUT2D eigenvalue weighted by Crippen LogP contribution is -2.27. The van der Waals surface area contributed by atoms with Gasteiger partial charge in [-0.1, -0.05) is 0 Å². The maximum Gasteiger partial charge on any atom is 0.202 e. The highest BCUT2D eigenvalue weighted by Gasteiger charge is 2.08. The molecule has 1 rings (SSSR count). The molecule has 11 heavy (non-hydrogen) atoms. The largest absolute Gasteiger partial charge is 0.391 e. The molecule has 0 amide bonds. The lowest BCUT2D eigenvalue weighted by atomic mass is 10.2. The predicted octanol–water partition coefficient (Wildman–Crippen LogP) is 0.719. The van der Waals surface area contributed by atoms with Crippen LogP contribution in [0, 0.1) is 0 Å². The van der Waals surface area contributed by atoms with E-state index in [0.717, 1.165) is 5.13 Å². The van der Waals surface area contributed by atoms with Crippen molar-refractivity contribution in [1.29, 1.82) is 0 Å². The topological polar surface area (TPSA) is 58.0 Å². The van der Waals surface area contributed by atoms with E-state index >= 15 is 0 Å². The van der Waals surface area contributed by atoms with Crippen LogP contribution < -0.4 is 5.32 Å². The van der Waals surface area contributed by atoms with E-state index in [1.54, 1.807) is 6.92 Å². The van der Waals surface area contributed by atoms with E-state index in [-0.39, 0.29) is 12.1 Å². The summed E-state index contributed by atoms with van der Waals surface area (Å²) in [7, 11) is 0. The molecular weight excluding hydrogens is 162 g/mol. The smallest absolute Gasteiger partial charge is 0.202 e. The van der Waals surface area contributed by atoms with Crippen LogP contribution in [0.2, 0.25) is 0 Å². The van der Waals surface area contributed by atoms with Crippen molar-refractivity contribution < 1.29 is 5.11 Å². The molecule has 1 heterocycles. The first-order valence-electron chi connectivity index (χ1n) is 3.41. The van der Waals surface area contributed by atoms with Crippen molar-refractivity contribution in [3.63, 3.8) is 0 Å². The minimum Gasteiger partial charge on any atom is -0.391 e. The Labute approximate surface area is 69.5 Å². The Kier molecular flexibility index (Phi) is 2.78. The lowest BCUT2D eigenvalue weighted by Gasteiger charge is -2.14. The molecule has 0 aliphatic carbocycles. The molecule has 2 N–H and O–H groups in total. The van der Waals surface area contributed by atoms with Crippen molar-refractivity contribution >= 4 is 16.7 Å². The molecule has 0 aliphatic rings. The Morgan fingerprint density at radius 2 is 2.36 bits per heavy atom. The third kappa shape index (κ3) is 2.44. The van der Waals surface area contributed by atoms with E-state index in [1.165, 1.54) is 17.9 Å². The third-order valence-corrected chi connectivity index (χ3v) is 2.03. The quantitative estimate of drug-likeness (QED) is 0.707. The first-order valence-corrected chi connectivity index (χ1v) is 4.19. The second-order valence-corrected chi connectivity index (χ2v) is 3.20. The summed E-state index contributed by atoms with van der Waals surface area (Å²) >= 11 is 1.29. The monoisotopic (exact) mass is 173 g/mol. The first-order chi connectivity index (χ1) is 5.20. The average molecular weight is 173 g/mol. The van der Waals surface area contributed by atoms with E-state index in [4.69, 9.17) is 5.11 Å². The van der Waals surface area contributed by atoms with Gasteiger partial charge in [-0.3, -0.25) is 0 Å². The number of hydrogen-bond donors (Lipinski definition) is 2. The third-order valence-electron chi connectivity index (χ3n) is 1.44. The summed E-state index contributed by atoms with van der Waals surface area (Å²) in [5.41, 5.74) is 0. The van der Waals surface area contributed by atoms with Gasteiger partial charge in [0.1, 0.15) is 6.33 Å². The van der Waals surface area contributed by atoms with Crippen LogP contribution in [0.4, 0.5) is 5.13 Å². The molecule has 62 valence electrons. The number of aromatic nitrogens is 2. The molecule has 0 aromatic carbocycles. The Morgan fingerprint density at radius 3 is 2.82 bits per heavy atom. The van der Waals surface area contributed by atoms with Crippen LogP contribution in [0.15, 0.2) is 6.33 Å². The van der Waals surface area contributed by atoms with Crippen LogP contribution in [0.25, 0.3) is 0 Å². The zero-order valence-corrected chi connectivity index (χ0v) is 7.30. The molecule has 5 heteroatoms. The molecule has 0 spiro atoms. The zero-order chi connectivity index (χ0) is 8.27. The fourth-order valence-corrected chi connectivity index (χ4v) is 1.08. The predicted molar refractivity (Wildman–Crippen MR) is 44.7 cm³/mol.